The maximum absolute atomic E-state index is 11.2. The predicted molar refractivity (Wildman–Crippen MR) is 81.8 cm³/mol. The lowest BCUT2D eigenvalue weighted by molar-refractivity contribution is -0.374. The van der Waals surface area contributed by atoms with Crippen molar-refractivity contribution in [3.63, 3.8) is 0 Å². The second-order valence-corrected chi connectivity index (χ2v) is 4.97. The second kappa shape index (κ2) is 6.15. The van der Waals surface area contributed by atoms with Crippen molar-refractivity contribution in [1.82, 2.24) is 0 Å². The van der Waals surface area contributed by atoms with Crippen molar-refractivity contribution in [2.75, 3.05) is 0 Å². The smallest absolute Gasteiger partial charge is 0.258 e. The molecular weight excluding hydrogens is 250 g/mol. The van der Waals surface area contributed by atoms with Crippen LogP contribution in [0.1, 0.15) is 36.5 Å². The van der Waals surface area contributed by atoms with Crippen molar-refractivity contribution in [2.45, 2.75) is 19.8 Å². The van der Waals surface area contributed by atoms with E-state index in [9.17, 15) is 10.1 Å². The Kier molecular flexibility index (Phi) is 4.31. The van der Waals surface area contributed by atoms with Gasteiger partial charge in [-0.25, -0.2) is 0 Å². The zero-order valence-electron chi connectivity index (χ0n) is 11.6. The largest absolute Gasteiger partial charge is 0.277 e. The van der Waals surface area contributed by atoms with Crippen molar-refractivity contribution < 1.29 is 4.92 Å². The SMILES string of the molecule is CC(C)c1ccc(C=C(c2ccccc2)[N+](=O)[O-])cc1. The van der Waals surface area contributed by atoms with Gasteiger partial charge in [-0.2, -0.15) is 0 Å². The summed E-state index contributed by atoms with van der Waals surface area (Å²) in [6.07, 6.45) is 1.61. The van der Waals surface area contributed by atoms with Gasteiger partial charge in [-0.1, -0.05) is 56.3 Å². The lowest BCUT2D eigenvalue weighted by Gasteiger charge is -2.05. The van der Waals surface area contributed by atoms with Crippen LogP contribution in [0.15, 0.2) is 54.6 Å². The monoisotopic (exact) mass is 267 g/mol. The van der Waals surface area contributed by atoms with E-state index in [2.05, 4.69) is 13.8 Å². The van der Waals surface area contributed by atoms with E-state index >= 15 is 0 Å². The molecule has 0 amide bonds. The van der Waals surface area contributed by atoms with E-state index in [1.54, 1.807) is 30.3 Å². The van der Waals surface area contributed by atoms with Gasteiger partial charge in [0.15, 0.2) is 0 Å². The molecular formula is C17H17NO2. The first-order valence-corrected chi connectivity index (χ1v) is 6.59. The van der Waals surface area contributed by atoms with Crippen LogP contribution in [0.2, 0.25) is 0 Å². The fourth-order valence-electron chi connectivity index (χ4n) is 1.99. The van der Waals surface area contributed by atoms with Crippen LogP contribution in [-0.4, -0.2) is 4.92 Å². The van der Waals surface area contributed by atoms with E-state index in [1.807, 2.05) is 30.3 Å². The van der Waals surface area contributed by atoms with Gasteiger partial charge in [0.25, 0.3) is 5.70 Å². The first kappa shape index (κ1) is 14.0. The Balaban J connectivity index is 2.37. The Morgan fingerprint density at radius 2 is 1.65 bits per heavy atom. The van der Waals surface area contributed by atoms with Crippen molar-refractivity contribution >= 4 is 11.8 Å². The summed E-state index contributed by atoms with van der Waals surface area (Å²) >= 11 is 0. The topological polar surface area (TPSA) is 43.1 Å². The van der Waals surface area contributed by atoms with E-state index in [1.165, 1.54) is 5.56 Å². The van der Waals surface area contributed by atoms with Gasteiger partial charge >= 0.3 is 0 Å². The van der Waals surface area contributed by atoms with Gasteiger partial charge in [0.1, 0.15) is 0 Å². The minimum atomic E-state index is -0.342. The van der Waals surface area contributed by atoms with Crippen LogP contribution >= 0.6 is 0 Å². The van der Waals surface area contributed by atoms with Gasteiger partial charge in [-0.3, -0.25) is 10.1 Å². The molecule has 0 unspecified atom stereocenters. The van der Waals surface area contributed by atoms with Crippen LogP contribution < -0.4 is 0 Å². The van der Waals surface area contributed by atoms with Crippen LogP contribution in [0.25, 0.3) is 11.8 Å². The lowest BCUT2D eigenvalue weighted by Crippen LogP contribution is -1.97. The quantitative estimate of drug-likeness (QED) is 0.462. The summed E-state index contributed by atoms with van der Waals surface area (Å²) in [5, 5.41) is 11.2. The van der Waals surface area contributed by atoms with Gasteiger partial charge in [0.2, 0.25) is 0 Å². The molecule has 0 aliphatic heterocycles. The Morgan fingerprint density at radius 1 is 1.05 bits per heavy atom. The molecule has 0 fully saturated rings. The van der Waals surface area contributed by atoms with Crippen LogP contribution in [0.3, 0.4) is 0 Å². The van der Waals surface area contributed by atoms with Crippen molar-refractivity contribution in [3.05, 3.63) is 81.4 Å². The maximum atomic E-state index is 11.2. The summed E-state index contributed by atoms with van der Waals surface area (Å²) < 4.78 is 0. The van der Waals surface area contributed by atoms with Crippen molar-refractivity contribution in [2.24, 2.45) is 0 Å². The molecule has 0 aliphatic carbocycles. The van der Waals surface area contributed by atoms with E-state index in [0.717, 1.165) is 5.56 Å². The Bertz CT molecular complexity index is 613. The molecule has 0 spiro atoms. The fraction of sp³-hybridized carbons (Fsp3) is 0.176. The van der Waals surface area contributed by atoms with E-state index in [-0.39, 0.29) is 10.6 Å². The Labute approximate surface area is 118 Å². The van der Waals surface area contributed by atoms with Gasteiger partial charge < -0.3 is 0 Å². The molecule has 0 N–H and O–H groups in total. The summed E-state index contributed by atoms with van der Waals surface area (Å²) in [5.41, 5.74) is 2.79. The molecule has 0 radical (unpaired) electrons. The average Bonchev–Trinajstić information content (AvgIpc) is 2.46. The normalized spacial score (nSPS) is 11.7. The summed E-state index contributed by atoms with van der Waals surface area (Å²) in [4.78, 5) is 10.9. The minimum Gasteiger partial charge on any atom is -0.258 e. The third kappa shape index (κ3) is 3.32. The molecule has 0 heterocycles. The van der Waals surface area contributed by atoms with E-state index in [0.29, 0.717) is 11.5 Å². The van der Waals surface area contributed by atoms with Crippen molar-refractivity contribution in [1.29, 1.82) is 0 Å². The molecule has 2 aromatic carbocycles. The highest BCUT2D eigenvalue weighted by molar-refractivity contribution is 5.76. The van der Waals surface area contributed by atoms with Gasteiger partial charge in [-0.05, 0) is 29.2 Å². The Morgan fingerprint density at radius 3 is 2.15 bits per heavy atom. The second-order valence-electron chi connectivity index (χ2n) is 4.97. The number of hydrogen-bond acceptors (Lipinski definition) is 2. The van der Waals surface area contributed by atoms with Gasteiger partial charge in [0, 0.05) is 6.08 Å². The molecule has 102 valence electrons. The molecule has 0 saturated carbocycles. The average molecular weight is 267 g/mol. The molecule has 0 saturated heterocycles. The van der Waals surface area contributed by atoms with Crippen LogP contribution in [0, 0.1) is 10.1 Å². The molecule has 2 rings (SSSR count). The highest BCUT2D eigenvalue weighted by atomic mass is 16.6. The van der Waals surface area contributed by atoms with E-state index < -0.39 is 0 Å². The number of rotatable bonds is 4. The predicted octanol–water partition coefficient (Wildman–Crippen LogP) is 4.58. The molecule has 0 aromatic heterocycles. The molecule has 20 heavy (non-hydrogen) atoms. The fourth-order valence-corrected chi connectivity index (χ4v) is 1.99. The summed E-state index contributed by atoms with van der Waals surface area (Å²) in [6, 6.07) is 16.8. The van der Waals surface area contributed by atoms with Crippen LogP contribution in [-0.2, 0) is 0 Å². The minimum absolute atomic E-state index is 0.114. The number of nitro groups is 1. The number of hydrogen-bond donors (Lipinski definition) is 0. The molecule has 0 aliphatic rings. The third-order valence-electron chi connectivity index (χ3n) is 3.17. The molecule has 3 nitrogen and oxygen atoms in total. The molecule has 3 heteroatoms. The third-order valence-corrected chi connectivity index (χ3v) is 3.17. The maximum Gasteiger partial charge on any atom is 0.277 e. The lowest BCUT2D eigenvalue weighted by atomic mass is 10.0. The number of benzene rings is 2. The zero-order chi connectivity index (χ0) is 14.5. The van der Waals surface area contributed by atoms with Gasteiger partial charge in [-0.15, -0.1) is 0 Å². The van der Waals surface area contributed by atoms with E-state index in [4.69, 9.17) is 0 Å². The number of nitrogens with zero attached hydrogens (tertiary/aromatic N) is 1. The van der Waals surface area contributed by atoms with Crippen LogP contribution in [0.4, 0.5) is 0 Å². The zero-order valence-corrected chi connectivity index (χ0v) is 11.6. The summed E-state index contributed by atoms with van der Waals surface area (Å²) in [5.74, 6) is 0.456. The highest BCUT2D eigenvalue weighted by Gasteiger charge is 2.13. The van der Waals surface area contributed by atoms with Crippen LogP contribution in [0.5, 0.6) is 0 Å². The molecule has 0 atom stereocenters. The summed E-state index contributed by atoms with van der Waals surface area (Å²) in [6.45, 7) is 4.24. The Hall–Kier alpha value is -2.42. The van der Waals surface area contributed by atoms with Crippen molar-refractivity contribution in [3.8, 4) is 0 Å². The highest BCUT2D eigenvalue weighted by Crippen LogP contribution is 2.20. The molecule has 0 bridgehead atoms. The summed E-state index contributed by atoms with van der Waals surface area (Å²) in [7, 11) is 0. The standard InChI is InChI=1S/C17H17NO2/c1-13(2)15-10-8-14(9-11-15)12-17(18(19)20)16-6-4-3-5-7-16/h3-13H,1-2H3. The molecule has 2 aromatic rings. The van der Waals surface area contributed by atoms with Gasteiger partial charge in [0.05, 0.1) is 10.5 Å². The first-order chi connectivity index (χ1) is 9.58. The first-order valence-electron chi connectivity index (χ1n) is 6.59.